The van der Waals surface area contributed by atoms with Crippen molar-refractivity contribution in [1.29, 1.82) is 0 Å². The fraction of sp³-hybridized carbons (Fsp3) is 0.286. The van der Waals surface area contributed by atoms with E-state index in [1.165, 1.54) is 43.1 Å². The molecule has 4 aromatic rings. The molecule has 0 saturated carbocycles. The van der Waals surface area contributed by atoms with Crippen molar-refractivity contribution >= 4 is 17.1 Å². The number of oxazole rings is 1. The highest BCUT2D eigenvalue weighted by Crippen LogP contribution is 2.23. The first-order chi connectivity index (χ1) is 16.0. The number of esters is 1. The topological polar surface area (TPSA) is 133 Å². The fourth-order valence-electron chi connectivity index (χ4n) is 3.44. The molecule has 0 aliphatic carbocycles. The summed E-state index contributed by atoms with van der Waals surface area (Å²) >= 11 is 0. The van der Waals surface area contributed by atoms with Crippen molar-refractivity contribution in [1.82, 2.24) is 23.7 Å². The van der Waals surface area contributed by atoms with E-state index in [0.717, 1.165) is 4.57 Å². The predicted octanol–water partition coefficient (Wildman–Crippen LogP) is 0.827. The third-order valence-electron chi connectivity index (χ3n) is 5.00. The van der Waals surface area contributed by atoms with Crippen LogP contribution in [-0.4, -0.2) is 57.6 Å². The molecule has 12 heteroatoms. The van der Waals surface area contributed by atoms with Gasteiger partial charge in [0.1, 0.15) is 18.6 Å². The van der Waals surface area contributed by atoms with Crippen molar-refractivity contribution in [2.75, 3.05) is 27.9 Å². The van der Waals surface area contributed by atoms with Crippen LogP contribution in [0.5, 0.6) is 5.75 Å². The number of aromatic nitrogens is 5. The molecule has 0 fully saturated rings. The maximum Gasteiger partial charge on any atom is 0.360 e. The summed E-state index contributed by atoms with van der Waals surface area (Å²) in [6.45, 7) is 0.190. The van der Waals surface area contributed by atoms with Crippen LogP contribution in [0.3, 0.4) is 0 Å². The summed E-state index contributed by atoms with van der Waals surface area (Å²) in [5, 5.41) is 0. The van der Waals surface area contributed by atoms with E-state index in [1.807, 2.05) is 0 Å². The second-order valence-corrected chi connectivity index (χ2v) is 6.90. The summed E-state index contributed by atoms with van der Waals surface area (Å²) in [7, 11) is 4.20. The highest BCUT2D eigenvalue weighted by Gasteiger charge is 2.22. The fourth-order valence-corrected chi connectivity index (χ4v) is 3.44. The number of ether oxygens (including phenoxy) is 3. The van der Waals surface area contributed by atoms with Crippen LogP contribution >= 0.6 is 0 Å². The minimum absolute atomic E-state index is 0.000330. The van der Waals surface area contributed by atoms with Crippen LogP contribution in [0.1, 0.15) is 16.4 Å². The average molecular weight is 455 g/mol. The number of rotatable bonds is 8. The zero-order valence-electron chi connectivity index (χ0n) is 18.2. The van der Waals surface area contributed by atoms with Gasteiger partial charge in [0.2, 0.25) is 5.89 Å². The number of fused-ring (bicyclic) bond motifs is 1. The van der Waals surface area contributed by atoms with E-state index in [0.29, 0.717) is 11.4 Å². The van der Waals surface area contributed by atoms with Crippen LogP contribution in [0.15, 0.2) is 50.9 Å². The number of carbonyl (C=O) groups excluding carboxylic acids is 1. The minimum atomic E-state index is -0.646. The summed E-state index contributed by atoms with van der Waals surface area (Å²) in [5.74, 6) is -0.0529. The van der Waals surface area contributed by atoms with Crippen molar-refractivity contribution < 1.29 is 23.4 Å². The van der Waals surface area contributed by atoms with Crippen LogP contribution in [0.25, 0.3) is 16.9 Å². The van der Waals surface area contributed by atoms with Crippen LogP contribution in [0.2, 0.25) is 0 Å². The second-order valence-electron chi connectivity index (χ2n) is 6.90. The SMILES string of the molecule is COCCn1c(=O)c2c(ncn2Cc2nc(C(=O)OC)co2)n(-c2ccccc2OC)c1=O. The molecule has 3 heterocycles. The lowest BCUT2D eigenvalue weighted by Crippen LogP contribution is -2.41. The molecule has 0 bridgehead atoms. The van der Waals surface area contributed by atoms with E-state index in [-0.39, 0.29) is 42.4 Å². The van der Waals surface area contributed by atoms with Gasteiger partial charge in [-0.3, -0.25) is 9.36 Å². The molecule has 12 nitrogen and oxygen atoms in total. The molecule has 33 heavy (non-hydrogen) atoms. The third-order valence-corrected chi connectivity index (χ3v) is 5.00. The van der Waals surface area contributed by atoms with Gasteiger partial charge in [0, 0.05) is 7.11 Å². The number of benzene rings is 1. The number of imidazole rings is 1. The highest BCUT2D eigenvalue weighted by atomic mass is 16.5. The average Bonchev–Trinajstić information content (AvgIpc) is 3.47. The van der Waals surface area contributed by atoms with Crippen molar-refractivity contribution in [3.8, 4) is 11.4 Å². The molecule has 0 saturated heterocycles. The van der Waals surface area contributed by atoms with Gasteiger partial charge < -0.3 is 23.2 Å². The smallest absolute Gasteiger partial charge is 0.360 e. The van der Waals surface area contributed by atoms with Gasteiger partial charge in [-0.25, -0.2) is 24.1 Å². The number of methoxy groups -OCH3 is 3. The number of hydrogen-bond acceptors (Lipinski definition) is 9. The summed E-state index contributed by atoms with van der Waals surface area (Å²) in [4.78, 5) is 46.7. The Labute approximate surface area is 186 Å². The molecule has 0 aliphatic rings. The molecule has 0 spiro atoms. The van der Waals surface area contributed by atoms with Gasteiger partial charge in [-0.15, -0.1) is 0 Å². The Morgan fingerprint density at radius 3 is 2.67 bits per heavy atom. The van der Waals surface area contributed by atoms with Gasteiger partial charge in [0.15, 0.2) is 16.9 Å². The summed E-state index contributed by atoms with van der Waals surface area (Å²) in [5.41, 5.74) is -0.410. The maximum atomic E-state index is 13.3. The first-order valence-electron chi connectivity index (χ1n) is 9.85. The first-order valence-corrected chi connectivity index (χ1v) is 9.85. The normalized spacial score (nSPS) is 11.1. The zero-order valence-corrected chi connectivity index (χ0v) is 18.2. The van der Waals surface area contributed by atoms with Gasteiger partial charge >= 0.3 is 11.7 Å². The van der Waals surface area contributed by atoms with E-state index in [1.54, 1.807) is 24.3 Å². The molecule has 4 rings (SSSR count). The Morgan fingerprint density at radius 2 is 1.94 bits per heavy atom. The maximum absolute atomic E-state index is 13.3. The van der Waals surface area contributed by atoms with E-state index in [4.69, 9.17) is 13.9 Å². The highest BCUT2D eigenvalue weighted by molar-refractivity contribution is 5.86. The van der Waals surface area contributed by atoms with Crippen LogP contribution < -0.4 is 16.0 Å². The quantitative estimate of drug-likeness (QED) is 0.354. The van der Waals surface area contributed by atoms with Crippen LogP contribution in [0, 0.1) is 0 Å². The largest absolute Gasteiger partial charge is 0.495 e. The lowest BCUT2D eigenvalue weighted by molar-refractivity contribution is 0.0594. The molecule has 0 N–H and O–H groups in total. The lowest BCUT2D eigenvalue weighted by atomic mass is 10.3. The Hall–Kier alpha value is -4.19. The molecule has 172 valence electrons. The standard InChI is InChI=1S/C21H21N5O7/c1-30-9-8-25-19(27)17-18(26(21(25)29)14-6-4-5-7-15(14)31-2)22-12-24(17)10-16-23-13(11-33-16)20(28)32-3/h4-7,11-12H,8-10H2,1-3H3. The number of carbonyl (C=O) groups is 1. The molecule has 0 amide bonds. The van der Waals surface area contributed by atoms with Crippen molar-refractivity contribution in [3.63, 3.8) is 0 Å². The summed E-state index contributed by atoms with van der Waals surface area (Å²) < 4.78 is 24.4. The van der Waals surface area contributed by atoms with Gasteiger partial charge in [-0.1, -0.05) is 12.1 Å². The minimum Gasteiger partial charge on any atom is -0.495 e. The molecule has 0 aliphatic heterocycles. The monoisotopic (exact) mass is 455 g/mol. The Bertz CT molecular complexity index is 1430. The molecule has 0 atom stereocenters. The number of hydrogen-bond donors (Lipinski definition) is 0. The number of nitrogens with zero attached hydrogens (tertiary/aromatic N) is 5. The lowest BCUT2D eigenvalue weighted by Gasteiger charge is -2.14. The van der Waals surface area contributed by atoms with Gasteiger partial charge in [0.25, 0.3) is 5.56 Å². The zero-order chi connectivity index (χ0) is 23.5. The summed E-state index contributed by atoms with van der Waals surface area (Å²) in [6, 6.07) is 6.92. The van der Waals surface area contributed by atoms with Crippen LogP contribution in [0.4, 0.5) is 0 Å². The van der Waals surface area contributed by atoms with Crippen molar-refractivity contribution in [2.24, 2.45) is 0 Å². The molecular formula is C21H21N5O7. The summed E-state index contributed by atoms with van der Waals surface area (Å²) in [6.07, 6.45) is 2.57. The van der Waals surface area contributed by atoms with E-state index in [9.17, 15) is 14.4 Å². The van der Waals surface area contributed by atoms with Gasteiger partial charge in [-0.2, -0.15) is 0 Å². The number of para-hydroxylation sites is 2. The first kappa shape index (κ1) is 22.0. The third kappa shape index (κ3) is 3.91. The molecular weight excluding hydrogens is 434 g/mol. The van der Waals surface area contributed by atoms with Crippen LogP contribution in [-0.2, 0) is 22.6 Å². The van der Waals surface area contributed by atoms with E-state index in [2.05, 4.69) is 14.7 Å². The Balaban J connectivity index is 1.93. The molecule has 0 unspecified atom stereocenters. The Kier molecular flexibility index (Phi) is 6.09. The van der Waals surface area contributed by atoms with E-state index >= 15 is 0 Å². The molecule has 3 aromatic heterocycles. The van der Waals surface area contributed by atoms with Crippen molar-refractivity contribution in [2.45, 2.75) is 13.1 Å². The Morgan fingerprint density at radius 1 is 1.15 bits per heavy atom. The molecule has 0 radical (unpaired) electrons. The second kappa shape index (κ2) is 9.12. The van der Waals surface area contributed by atoms with Gasteiger partial charge in [-0.05, 0) is 12.1 Å². The van der Waals surface area contributed by atoms with Gasteiger partial charge in [0.05, 0.1) is 39.4 Å². The van der Waals surface area contributed by atoms with Crippen molar-refractivity contribution in [3.05, 3.63) is 69.3 Å². The van der Waals surface area contributed by atoms with E-state index < -0.39 is 17.2 Å². The molecule has 1 aromatic carbocycles. The predicted molar refractivity (Wildman–Crippen MR) is 115 cm³/mol.